The van der Waals surface area contributed by atoms with E-state index in [-0.39, 0.29) is 5.91 Å². The van der Waals surface area contributed by atoms with Crippen molar-refractivity contribution < 1.29 is 9.53 Å². The monoisotopic (exact) mass is 221 g/mol. The van der Waals surface area contributed by atoms with Crippen molar-refractivity contribution in [2.75, 3.05) is 18.5 Å². The molecular formula is C11H15N3O2. The first-order chi connectivity index (χ1) is 7.71. The van der Waals surface area contributed by atoms with E-state index in [0.29, 0.717) is 31.9 Å². The van der Waals surface area contributed by atoms with Gasteiger partial charge in [-0.25, -0.2) is 4.98 Å². The molecule has 0 saturated carbocycles. The molecule has 0 aromatic carbocycles. The van der Waals surface area contributed by atoms with E-state index in [1.54, 1.807) is 18.3 Å². The molecule has 0 spiro atoms. The summed E-state index contributed by atoms with van der Waals surface area (Å²) in [7, 11) is 0. The molecule has 0 aliphatic carbocycles. The van der Waals surface area contributed by atoms with E-state index in [4.69, 9.17) is 10.5 Å². The Labute approximate surface area is 94.0 Å². The van der Waals surface area contributed by atoms with Crippen LogP contribution in [-0.2, 0) is 9.53 Å². The van der Waals surface area contributed by atoms with Crippen LogP contribution < -0.4 is 11.1 Å². The zero-order valence-electron chi connectivity index (χ0n) is 8.98. The van der Waals surface area contributed by atoms with Crippen molar-refractivity contribution in [3.8, 4) is 0 Å². The summed E-state index contributed by atoms with van der Waals surface area (Å²) in [5, 5.41) is 2.72. The Bertz CT molecular complexity index is 361. The van der Waals surface area contributed by atoms with Crippen molar-refractivity contribution in [3.63, 3.8) is 0 Å². The minimum atomic E-state index is -0.824. The van der Waals surface area contributed by atoms with Crippen molar-refractivity contribution in [3.05, 3.63) is 24.4 Å². The molecule has 0 radical (unpaired) electrons. The van der Waals surface area contributed by atoms with Gasteiger partial charge >= 0.3 is 0 Å². The molecule has 1 aliphatic heterocycles. The number of nitrogens with zero attached hydrogens (tertiary/aromatic N) is 1. The normalized spacial score (nSPS) is 19.1. The van der Waals surface area contributed by atoms with Gasteiger partial charge in [0.25, 0.3) is 0 Å². The van der Waals surface area contributed by atoms with Crippen LogP contribution in [0.1, 0.15) is 12.8 Å². The van der Waals surface area contributed by atoms with Gasteiger partial charge in [-0.05, 0) is 25.0 Å². The summed E-state index contributed by atoms with van der Waals surface area (Å²) in [5.41, 5.74) is 5.21. The number of ether oxygens (including phenoxy) is 1. The molecule has 16 heavy (non-hydrogen) atoms. The molecule has 5 heteroatoms. The Hall–Kier alpha value is -1.46. The summed E-state index contributed by atoms with van der Waals surface area (Å²) >= 11 is 0. The second kappa shape index (κ2) is 4.59. The van der Waals surface area contributed by atoms with Crippen LogP contribution in [0.15, 0.2) is 24.4 Å². The van der Waals surface area contributed by atoms with E-state index in [0.717, 1.165) is 0 Å². The maximum atomic E-state index is 12.0. The lowest BCUT2D eigenvalue weighted by Gasteiger charge is -2.31. The molecule has 3 N–H and O–H groups in total. The van der Waals surface area contributed by atoms with Crippen LogP contribution in [0.3, 0.4) is 0 Å². The van der Waals surface area contributed by atoms with Crippen LogP contribution in [0.4, 0.5) is 5.82 Å². The van der Waals surface area contributed by atoms with Crippen LogP contribution in [-0.4, -0.2) is 29.6 Å². The van der Waals surface area contributed by atoms with Gasteiger partial charge in [-0.2, -0.15) is 0 Å². The van der Waals surface area contributed by atoms with Crippen LogP contribution >= 0.6 is 0 Å². The Morgan fingerprint density at radius 1 is 1.44 bits per heavy atom. The molecular weight excluding hydrogens is 206 g/mol. The lowest BCUT2D eigenvalue weighted by molar-refractivity contribution is -0.124. The van der Waals surface area contributed by atoms with Crippen molar-refractivity contribution >= 4 is 11.7 Å². The smallest absolute Gasteiger partial charge is 0.245 e. The zero-order chi connectivity index (χ0) is 11.4. The predicted molar refractivity (Wildman–Crippen MR) is 59.8 cm³/mol. The fourth-order valence-corrected chi connectivity index (χ4v) is 1.64. The van der Waals surface area contributed by atoms with Crippen molar-refractivity contribution in [2.45, 2.75) is 18.4 Å². The Morgan fingerprint density at radius 3 is 2.81 bits per heavy atom. The average molecular weight is 221 g/mol. The van der Waals surface area contributed by atoms with Gasteiger partial charge in [0.2, 0.25) is 5.91 Å². The van der Waals surface area contributed by atoms with Crippen LogP contribution in [0.25, 0.3) is 0 Å². The van der Waals surface area contributed by atoms with E-state index in [9.17, 15) is 4.79 Å². The summed E-state index contributed by atoms with van der Waals surface area (Å²) < 4.78 is 5.19. The van der Waals surface area contributed by atoms with Crippen molar-refractivity contribution in [1.29, 1.82) is 0 Å². The molecule has 0 bridgehead atoms. The maximum Gasteiger partial charge on any atom is 0.245 e. The van der Waals surface area contributed by atoms with E-state index < -0.39 is 5.54 Å². The van der Waals surface area contributed by atoms with Crippen LogP contribution in [0, 0.1) is 0 Å². The fraction of sp³-hybridized carbons (Fsp3) is 0.455. The Morgan fingerprint density at radius 2 is 2.19 bits per heavy atom. The highest BCUT2D eigenvalue weighted by Crippen LogP contribution is 2.19. The third kappa shape index (κ3) is 2.37. The molecule has 0 atom stereocenters. The highest BCUT2D eigenvalue weighted by Gasteiger charge is 2.35. The quantitative estimate of drug-likeness (QED) is 0.763. The summed E-state index contributed by atoms with van der Waals surface area (Å²) in [6.45, 7) is 1.07. The molecule has 86 valence electrons. The number of hydrogen-bond donors (Lipinski definition) is 2. The van der Waals surface area contributed by atoms with Gasteiger partial charge in [0.15, 0.2) is 0 Å². The largest absolute Gasteiger partial charge is 0.381 e. The third-order valence-electron chi connectivity index (χ3n) is 2.74. The van der Waals surface area contributed by atoms with E-state index >= 15 is 0 Å². The lowest BCUT2D eigenvalue weighted by atomic mass is 9.90. The lowest BCUT2D eigenvalue weighted by Crippen LogP contribution is -2.54. The number of carbonyl (C=O) groups is 1. The molecule has 1 amide bonds. The maximum absolute atomic E-state index is 12.0. The molecule has 1 aromatic rings. The summed E-state index contributed by atoms with van der Waals surface area (Å²) in [4.78, 5) is 16.0. The second-order valence-corrected chi connectivity index (χ2v) is 3.94. The molecule has 1 saturated heterocycles. The molecule has 2 heterocycles. The molecule has 1 aromatic heterocycles. The molecule has 1 aliphatic rings. The van der Waals surface area contributed by atoms with E-state index in [2.05, 4.69) is 10.3 Å². The second-order valence-electron chi connectivity index (χ2n) is 3.94. The third-order valence-corrected chi connectivity index (χ3v) is 2.74. The molecule has 0 unspecified atom stereocenters. The number of hydrogen-bond acceptors (Lipinski definition) is 4. The number of amides is 1. The SMILES string of the molecule is NC1(C(=O)Nc2ccccn2)CCOCC1. The zero-order valence-corrected chi connectivity index (χ0v) is 8.98. The van der Waals surface area contributed by atoms with Crippen LogP contribution in [0.5, 0.6) is 0 Å². The van der Waals surface area contributed by atoms with Gasteiger partial charge < -0.3 is 15.8 Å². The summed E-state index contributed by atoms with van der Waals surface area (Å²) in [6.07, 6.45) is 2.72. The molecule has 2 rings (SSSR count). The minimum Gasteiger partial charge on any atom is -0.381 e. The van der Waals surface area contributed by atoms with Crippen LogP contribution in [0.2, 0.25) is 0 Å². The van der Waals surface area contributed by atoms with E-state index in [1.807, 2.05) is 6.07 Å². The first-order valence-electron chi connectivity index (χ1n) is 5.30. The fourth-order valence-electron chi connectivity index (χ4n) is 1.64. The molecule has 5 nitrogen and oxygen atoms in total. The first-order valence-corrected chi connectivity index (χ1v) is 5.30. The van der Waals surface area contributed by atoms with Gasteiger partial charge in [-0.1, -0.05) is 6.07 Å². The number of anilines is 1. The Balaban J connectivity index is 2.02. The predicted octanol–water partition coefficient (Wildman–Crippen LogP) is 0.528. The topological polar surface area (TPSA) is 77.2 Å². The van der Waals surface area contributed by atoms with Gasteiger partial charge in [-0.3, -0.25) is 4.79 Å². The number of carbonyl (C=O) groups excluding carboxylic acids is 1. The van der Waals surface area contributed by atoms with Gasteiger partial charge in [0.05, 0.1) is 0 Å². The van der Waals surface area contributed by atoms with E-state index in [1.165, 1.54) is 0 Å². The van der Waals surface area contributed by atoms with Crippen molar-refractivity contribution in [2.24, 2.45) is 5.73 Å². The number of nitrogens with one attached hydrogen (secondary N) is 1. The number of pyridine rings is 1. The summed E-state index contributed by atoms with van der Waals surface area (Å²) in [6, 6.07) is 5.35. The highest BCUT2D eigenvalue weighted by atomic mass is 16.5. The van der Waals surface area contributed by atoms with Gasteiger partial charge in [0, 0.05) is 19.4 Å². The number of aromatic nitrogens is 1. The number of nitrogens with two attached hydrogens (primary N) is 1. The summed E-state index contributed by atoms with van der Waals surface area (Å²) in [5.74, 6) is 0.346. The minimum absolute atomic E-state index is 0.186. The van der Waals surface area contributed by atoms with Gasteiger partial charge in [0.1, 0.15) is 11.4 Å². The first kappa shape index (κ1) is 11.0. The standard InChI is InChI=1S/C11H15N3O2/c12-11(4-7-16-8-5-11)10(15)14-9-3-1-2-6-13-9/h1-3,6H,4-5,7-8,12H2,(H,13,14,15). The highest BCUT2D eigenvalue weighted by molar-refractivity contribution is 5.97. The van der Waals surface area contributed by atoms with Crippen molar-refractivity contribution in [1.82, 2.24) is 4.98 Å². The van der Waals surface area contributed by atoms with Gasteiger partial charge in [-0.15, -0.1) is 0 Å². The number of rotatable bonds is 2. The molecule has 1 fully saturated rings. The Kier molecular flexibility index (Phi) is 3.17. The average Bonchev–Trinajstić information content (AvgIpc) is 2.31.